The standard InChI is InChI=1S/C15H15N3O2S2/c1-11(12-7-4-3-5-8-12)18(2)22(19,20)14-10-6-9-13-15(14)17-21-16-13/h3-11H,1-2H3. The van der Waals surface area contributed by atoms with Gasteiger partial charge in [-0.2, -0.15) is 13.1 Å². The van der Waals surface area contributed by atoms with Crippen LogP contribution in [-0.2, 0) is 10.0 Å². The van der Waals surface area contributed by atoms with E-state index in [2.05, 4.69) is 8.75 Å². The van der Waals surface area contributed by atoms with Crippen molar-refractivity contribution in [1.82, 2.24) is 13.1 Å². The van der Waals surface area contributed by atoms with Crippen LogP contribution in [0.3, 0.4) is 0 Å². The van der Waals surface area contributed by atoms with Crippen molar-refractivity contribution in [3.05, 3.63) is 54.1 Å². The Labute approximate surface area is 133 Å². The van der Waals surface area contributed by atoms with Gasteiger partial charge in [0, 0.05) is 13.1 Å². The van der Waals surface area contributed by atoms with Crippen LogP contribution in [0, 0.1) is 0 Å². The summed E-state index contributed by atoms with van der Waals surface area (Å²) in [7, 11) is -2.06. The lowest BCUT2D eigenvalue weighted by Crippen LogP contribution is -2.30. The summed E-state index contributed by atoms with van der Waals surface area (Å²) in [5, 5.41) is 0. The van der Waals surface area contributed by atoms with Gasteiger partial charge < -0.3 is 0 Å². The number of hydrogen-bond donors (Lipinski definition) is 0. The minimum absolute atomic E-state index is 0.198. The van der Waals surface area contributed by atoms with Crippen LogP contribution in [0.1, 0.15) is 18.5 Å². The molecule has 1 heterocycles. The molecule has 1 atom stereocenters. The zero-order valence-electron chi connectivity index (χ0n) is 12.2. The molecule has 22 heavy (non-hydrogen) atoms. The predicted molar refractivity (Wildman–Crippen MR) is 87.2 cm³/mol. The molecular weight excluding hydrogens is 318 g/mol. The molecule has 7 heteroatoms. The molecule has 0 aliphatic heterocycles. The second-order valence-corrected chi connectivity index (χ2v) is 7.49. The smallest absolute Gasteiger partial charge is 0.207 e. The molecule has 2 aromatic carbocycles. The van der Waals surface area contributed by atoms with Crippen molar-refractivity contribution in [2.45, 2.75) is 17.9 Å². The van der Waals surface area contributed by atoms with Gasteiger partial charge in [-0.15, -0.1) is 0 Å². The van der Waals surface area contributed by atoms with E-state index in [1.165, 1.54) is 4.31 Å². The topological polar surface area (TPSA) is 63.2 Å². The normalized spacial score (nSPS) is 13.6. The molecule has 5 nitrogen and oxygen atoms in total. The molecule has 0 radical (unpaired) electrons. The van der Waals surface area contributed by atoms with Crippen molar-refractivity contribution in [2.24, 2.45) is 0 Å². The summed E-state index contributed by atoms with van der Waals surface area (Å²) in [6.07, 6.45) is 0. The fourth-order valence-corrected chi connectivity index (χ4v) is 4.40. The third kappa shape index (κ3) is 2.51. The van der Waals surface area contributed by atoms with Gasteiger partial charge in [0.2, 0.25) is 10.0 Å². The van der Waals surface area contributed by atoms with Gasteiger partial charge in [0.25, 0.3) is 0 Å². The van der Waals surface area contributed by atoms with Gasteiger partial charge in [-0.25, -0.2) is 8.42 Å². The first-order chi connectivity index (χ1) is 10.5. The van der Waals surface area contributed by atoms with E-state index in [9.17, 15) is 8.42 Å². The first kappa shape index (κ1) is 15.1. The molecule has 114 valence electrons. The molecule has 0 aliphatic carbocycles. The summed E-state index contributed by atoms with van der Waals surface area (Å²) < 4.78 is 35.4. The lowest BCUT2D eigenvalue weighted by atomic mass is 10.1. The molecule has 0 N–H and O–H groups in total. The van der Waals surface area contributed by atoms with Crippen LogP contribution in [0.15, 0.2) is 53.4 Å². The third-order valence-electron chi connectivity index (χ3n) is 3.73. The quantitative estimate of drug-likeness (QED) is 0.736. The summed E-state index contributed by atoms with van der Waals surface area (Å²) in [5.41, 5.74) is 1.98. The lowest BCUT2D eigenvalue weighted by Gasteiger charge is -2.24. The van der Waals surface area contributed by atoms with Crippen molar-refractivity contribution in [1.29, 1.82) is 0 Å². The first-order valence-electron chi connectivity index (χ1n) is 6.76. The van der Waals surface area contributed by atoms with Gasteiger partial charge in [0.1, 0.15) is 15.9 Å². The van der Waals surface area contributed by atoms with Crippen molar-refractivity contribution < 1.29 is 8.42 Å². The largest absolute Gasteiger partial charge is 0.245 e. The number of hydrogen-bond acceptors (Lipinski definition) is 5. The van der Waals surface area contributed by atoms with E-state index in [0.717, 1.165) is 17.3 Å². The Bertz CT molecular complexity index is 891. The maximum atomic E-state index is 12.9. The third-order valence-corrected chi connectivity index (χ3v) is 6.24. The summed E-state index contributed by atoms with van der Waals surface area (Å²) in [4.78, 5) is 0.198. The van der Waals surface area contributed by atoms with Gasteiger partial charge in [0.15, 0.2) is 0 Å². The molecular formula is C15H15N3O2S2. The Balaban J connectivity index is 2.04. The van der Waals surface area contributed by atoms with E-state index < -0.39 is 10.0 Å². The zero-order chi connectivity index (χ0) is 15.7. The fourth-order valence-electron chi connectivity index (χ4n) is 2.29. The minimum atomic E-state index is -3.65. The van der Waals surface area contributed by atoms with E-state index in [1.807, 2.05) is 37.3 Å². The van der Waals surface area contributed by atoms with Gasteiger partial charge in [-0.3, -0.25) is 0 Å². The highest BCUT2D eigenvalue weighted by molar-refractivity contribution is 7.89. The number of sulfonamides is 1. The summed E-state index contributed by atoms with van der Waals surface area (Å²) >= 11 is 1.02. The number of fused-ring (bicyclic) bond motifs is 1. The predicted octanol–water partition coefficient (Wildman–Crippen LogP) is 3.07. The Morgan fingerprint density at radius 1 is 1.05 bits per heavy atom. The second kappa shape index (κ2) is 5.75. The highest BCUT2D eigenvalue weighted by Crippen LogP contribution is 2.29. The van der Waals surface area contributed by atoms with Crippen LogP contribution < -0.4 is 0 Å². The van der Waals surface area contributed by atoms with E-state index in [1.54, 1.807) is 25.2 Å². The van der Waals surface area contributed by atoms with Crippen LogP contribution in [0.2, 0.25) is 0 Å². The number of aromatic nitrogens is 2. The average molecular weight is 333 g/mol. The van der Waals surface area contributed by atoms with Crippen LogP contribution in [-0.4, -0.2) is 28.5 Å². The van der Waals surface area contributed by atoms with Gasteiger partial charge in [-0.1, -0.05) is 36.4 Å². The molecule has 1 aromatic heterocycles. The first-order valence-corrected chi connectivity index (χ1v) is 8.93. The lowest BCUT2D eigenvalue weighted by molar-refractivity contribution is 0.399. The van der Waals surface area contributed by atoms with Crippen molar-refractivity contribution in [2.75, 3.05) is 7.05 Å². The van der Waals surface area contributed by atoms with Crippen LogP contribution >= 0.6 is 11.7 Å². The van der Waals surface area contributed by atoms with Crippen molar-refractivity contribution in [3.8, 4) is 0 Å². The molecule has 0 bridgehead atoms. The SMILES string of the molecule is CC(c1ccccc1)N(C)S(=O)(=O)c1cccc2nsnc12. The molecule has 3 aromatic rings. The number of nitrogens with zero attached hydrogens (tertiary/aromatic N) is 3. The Hall–Kier alpha value is -1.83. The summed E-state index contributed by atoms with van der Waals surface area (Å²) in [5.74, 6) is 0. The Morgan fingerprint density at radius 3 is 2.50 bits per heavy atom. The zero-order valence-corrected chi connectivity index (χ0v) is 13.8. The highest BCUT2D eigenvalue weighted by atomic mass is 32.2. The van der Waals surface area contributed by atoms with E-state index in [0.29, 0.717) is 11.0 Å². The van der Waals surface area contributed by atoms with Gasteiger partial charge in [0.05, 0.1) is 11.7 Å². The molecule has 3 rings (SSSR count). The monoisotopic (exact) mass is 333 g/mol. The van der Waals surface area contributed by atoms with Crippen LogP contribution in [0.4, 0.5) is 0 Å². The Kier molecular flexibility index (Phi) is 3.94. The maximum absolute atomic E-state index is 12.9. The Morgan fingerprint density at radius 2 is 1.77 bits per heavy atom. The fraction of sp³-hybridized carbons (Fsp3) is 0.200. The molecule has 0 saturated carbocycles. The molecule has 0 amide bonds. The number of rotatable bonds is 4. The number of benzene rings is 2. The van der Waals surface area contributed by atoms with Crippen molar-refractivity contribution in [3.63, 3.8) is 0 Å². The van der Waals surface area contributed by atoms with E-state index in [4.69, 9.17) is 0 Å². The molecule has 0 spiro atoms. The second-order valence-electron chi connectivity index (χ2n) is 5.00. The molecule has 0 aliphatic rings. The van der Waals surface area contributed by atoms with Crippen LogP contribution in [0.5, 0.6) is 0 Å². The average Bonchev–Trinajstić information content (AvgIpc) is 3.02. The maximum Gasteiger partial charge on any atom is 0.245 e. The summed E-state index contributed by atoms with van der Waals surface area (Å²) in [6.45, 7) is 1.87. The van der Waals surface area contributed by atoms with Gasteiger partial charge >= 0.3 is 0 Å². The van der Waals surface area contributed by atoms with Crippen LogP contribution in [0.25, 0.3) is 11.0 Å². The summed E-state index contributed by atoms with van der Waals surface area (Å²) in [6, 6.07) is 14.3. The van der Waals surface area contributed by atoms with Gasteiger partial charge in [-0.05, 0) is 24.6 Å². The van der Waals surface area contributed by atoms with E-state index in [-0.39, 0.29) is 10.9 Å². The molecule has 1 unspecified atom stereocenters. The molecule has 0 saturated heterocycles. The minimum Gasteiger partial charge on any atom is -0.207 e. The molecule has 0 fully saturated rings. The van der Waals surface area contributed by atoms with Crippen molar-refractivity contribution >= 4 is 32.8 Å². The highest BCUT2D eigenvalue weighted by Gasteiger charge is 2.28. The van der Waals surface area contributed by atoms with E-state index >= 15 is 0 Å².